The van der Waals surface area contributed by atoms with Crippen molar-refractivity contribution >= 4 is 27.6 Å². The van der Waals surface area contributed by atoms with Crippen LogP contribution in [0.3, 0.4) is 0 Å². The summed E-state index contributed by atoms with van der Waals surface area (Å²) in [7, 11) is 0. The van der Waals surface area contributed by atoms with Crippen molar-refractivity contribution in [2.75, 3.05) is 0 Å². The van der Waals surface area contributed by atoms with Gasteiger partial charge >= 0.3 is 0 Å². The molecule has 0 radical (unpaired) electrons. The number of carbonyl (C=O) groups is 1. The van der Waals surface area contributed by atoms with E-state index in [1.807, 2.05) is 97.9 Å². The monoisotopic (exact) mass is 370 g/mol. The molecular formula is C23H18N2OS. The van der Waals surface area contributed by atoms with Gasteiger partial charge in [-0.3, -0.25) is 4.79 Å². The molecule has 0 amide bonds. The van der Waals surface area contributed by atoms with Crippen LogP contribution in [0.2, 0.25) is 0 Å². The van der Waals surface area contributed by atoms with Crippen LogP contribution in [0.5, 0.6) is 0 Å². The van der Waals surface area contributed by atoms with Crippen LogP contribution in [-0.2, 0) is 5.66 Å². The molecule has 3 nitrogen and oxygen atoms in total. The third-order valence-electron chi connectivity index (χ3n) is 4.42. The Morgan fingerprint density at radius 3 is 1.96 bits per heavy atom. The first-order valence-corrected chi connectivity index (χ1v) is 9.56. The number of rotatable bonds is 3. The van der Waals surface area contributed by atoms with E-state index in [9.17, 15) is 4.79 Å². The fourth-order valence-electron chi connectivity index (χ4n) is 3.00. The highest BCUT2D eigenvalue weighted by molar-refractivity contribution is 8.28. The molecule has 0 N–H and O–H groups in total. The van der Waals surface area contributed by atoms with E-state index < -0.39 is 5.66 Å². The number of carbonyl (C=O) groups excluding carboxylic acids is 1. The Morgan fingerprint density at radius 1 is 0.778 bits per heavy atom. The molecule has 0 aliphatic carbocycles. The van der Waals surface area contributed by atoms with E-state index in [1.165, 1.54) is 0 Å². The number of hydrogen-bond acceptors (Lipinski definition) is 4. The molecule has 1 atom stereocenters. The Morgan fingerprint density at radius 2 is 1.33 bits per heavy atom. The molecule has 1 aliphatic rings. The molecule has 0 aromatic heterocycles. The van der Waals surface area contributed by atoms with Gasteiger partial charge in [-0.2, -0.15) is 0 Å². The first-order valence-electron chi connectivity index (χ1n) is 8.74. The molecule has 0 spiro atoms. The summed E-state index contributed by atoms with van der Waals surface area (Å²) >= 11 is 1.14. The van der Waals surface area contributed by atoms with Gasteiger partial charge in [-0.05, 0) is 18.7 Å². The number of thioether (sulfide) groups is 1. The van der Waals surface area contributed by atoms with Gasteiger partial charge in [0.05, 0.1) is 0 Å². The van der Waals surface area contributed by atoms with Crippen molar-refractivity contribution in [1.29, 1.82) is 0 Å². The smallest absolute Gasteiger partial charge is 0.225 e. The van der Waals surface area contributed by atoms with Crippen molar-refractivity contribution in [3.8, 4) is 0 Å². The molecule has 0 saturated heterocycles. The molecule has 4 heteroatoms. The van der Waals surface area contributed by atoms with Crippen molar-refractivity contribution in [2.24, 2.45) is 9.98 Å². The summed E-state index contributed by atoms with van der Waals surface area (Å²) in [5.41, 5.74) is 2.65. The van der Waals surface area contributed by atoms with Gasteiger partial charge in [0.15, 0.2) is 5.66 Å². The summed E-state index contributed by atoms with van der Waals surface area (Å²) in [6.45, 7) is 1.98. The molecule has 132 valence electrons. The second kappa shape index (κ2) is 7.33. The number of hydrogen-bond donors (Lipinski definition) is 0. The molecule has 1 heterocycles. The van der Waals surface area contributed by atoms with Gasteiger partial charge in [0.2, 0.25) is 5.12 Å². The van der Waals surface area contributed by atoms with Gasteiger partial charge in [-0.25, -0.2) is 9.98 Å². The maximum Gasteiger partial charge on any atom is 0.225 e. The maximum atomic E-state index is 12.8. The first-order chi connectivity index (χ1) is 13.2. The lowest BCUT2D eigenvalue weighted by molar-refractivity contribution is 0.109. The standard InChI is InChI=1S/C23H18N2OS/c1-23(19-15-9-4-10-16-19)24-20(17-11-5-2-6-12-17)21(25-23)27-22(26)18-13-7-3-8-14-18/h2-16H,1H3. The molecule has 0 saturated carbocycles. The molecule has 1 aliphatic heterocycles. The molecule has 27 heavy (non-hydrogen) atoms. The van der Waals surface area contributed by atoms with Crippen LogP contribution in [0.25, 0.3) is 0 Å². The zero-order chi connectivity index (χ0) is 18.7. The average Bonchev–Trinajstić information content (AvgIpc) is 3.07. The van der Waals surface area contributed by atoms with E-state index >= 15 is 0 Å². The van der Waals surface area contributed by atoms with Crippen molar-refractivity contribution in [3.63, 3.8) is 0 Å². The van der Waals surface area contributed by atoms with Crippen molar-refractivity contribution in [2.45, 2.75) is 12.6 Å². The van der Waals surface area contributed by atoms with Gasteiger partial charge in [0.1, 0.15) is 10.8 Å². The third-order valence-corrected chi connectivity index (χ3v) is 5.32. The molecule has 4 rings (SSSR count). The lowest BCUT2D eigenvalue weighted by Crippen LogP contribution is -2.13. The van der Waals surface area contributed by atoms with E-state index in [0.717, 1.165) is 28.6 Å². The highest BCUT2D eigenvalue weighted by atomic mass is 32.2. The summed E-state index contributed by atoms with van der Waals surface area (Å²) in [6, 6.07) is 29.1. The van der Waals surface area contributed by atoms with Crippen LogP contribution in [0, 0.1) is 0 Å². The molecule has 1 unspecified atom stereocenters. The lowest BCUT2D eigenvalue weighted by atomic mass is 10.0. The Balaban J connectivity index is 1.74. The van der Waals surface area contributed by atoms with Crippen molar-refractivity contribution in [1.82, 2.24) is 0 Å². The van der Waals surface area contributed by atoms with E-state index in [-0.39, 0.29) is 5.12 Å². The molecule has 0 bridgehead atoms. The van der Waals surface area contributed by atoms with E-state index in [1.54, 1.807) is 0 Å². The Hall–Kier alpha value is -2.98. The van der Waals surface area contributed by atoms with Crippen LogP contribution in [0.15, 0.2) is 101 Å². The summed E-state index contributed by atoms with van der Waals surface area (Å²) in [6.07, 6.45) is 0. The zero-order valence-electron chi connectivity index (χ0n) is 14.9. The topological polar surface area (TPSA) is 41.8 Å². The second-order valence-electron chi connectivity index (χ2n) is 6.39. The molecule has 3 aromatic rings. The summed E-state index contributed by atoms with van der Waals surface area (Å²) in [5.74, 6) is 0. The third kappa shape index (κ3) is 3.62. The minimum Gasteiger partial charge on any atom is -0.281 e. The van der Waals surface area contributed by atoms with Crippen molar-refractivity contribution < 1.29 is 4.79 Å². The first kappa shape index (κ1) is 17.4. The van der Waals surface area contributed by atoms with Crippen LogP contribution < -0.4 is 0 Å². The Labute approximate surface area is 162 Å². The minimum atomic E-state index is -0.730. The molecule has 0 fully saturated rings. The van der Waals surface area contributed by atoms with Crippen LogP contribution >= 0.6 is 11.8 Å². The predicted molar refractivity (Wildman–Crippen MR) is 113 cm³/mol. The Bertz CT molecular complexity index is 1010. The normalized spacial score (nSPS) is 18.7. The number of aliphatic imine (C=N–C) groups is 2. The van der Waals surface area contributed by atoms with E-state index in [4.69, 9.17) is 9.98 Å². The van der Waals surface area contributed by atoms with Gasteiger partial charge in [-0.15, -0.1) is 0 Å². The van der Waals surface area contributed by atoms with Gasteiger partial charge in [0.25, 0.3) is 0 Å². The quantitative estimate of drug-likeness (QED) is 0.625. The minimum absolute atomic E-state index is 0.0321. The highest BCUT2D eigenvalue weighted by Gasteiger charge is 2.35. The Kier molecular flexibility index (Phi) is 4.73. The average molecular weight is 370 g/mol. The van der Waals surface area contributed by atoms with E-state index in [0.29, 0.717) is 10.6 Å². The van der Waals surface area contributed by atoms with Crippen LogP contribution in [0.4, 0.5) is 0 Å². The van der Waals surface area contributed by atoms with Crippen LogP contribution in [0.1, 0.15) is 28.4 Å². The van der Waals surface area contributed by atoms with Gasteiger partial charge in [-0.1, -0.05) is 91.0 Å². The summed E-state index contributed by atoms with van der Waals surface area (Å²) < 4.78 is 0. The van der Waals surface area contributed by atoms with Gasteiger partial charge < -0.3 is 0 Å². The largest absolute Gasteiger partial charge is 0.281 e. The lowest BCUT2D eigenvalue weighted by Gasteiger charge is -2.17. The van der Waals surface area contributed by atoms with Gasteiger partial charge in [0, 0.05) is 16.7 Å². The number of nitrogens with zero attached hydrogens (tertiary/aromatic N) is 2. The summed E-state index contributed by atoms with van der Waals surface area (Å²) in [5, 5.41) is 0.622. The maximum absolute atomic E-state index is 12.8. The fourth-order valence-corrected chi connectivity index (χ4v) is 3.91. The summed E-state index contributed by atoms with van der Waals surface area (Å²) in [4.78, 5) is 22.5. The highest BCUT2D eigenvalue weighted by Crippen LogP contribution is 2.35. The van der Waals surface area contributed by atoms with Crippen molar-refractivity contribution in [3.05, 3.63) is 108 Å². The SMILES string of the molecule is CC1(c2ccccc2)N=C(SC(=O)c2ccccc2)C(c2ccccc2)=N1. The molecule has 3 aromatic carbocycles. The zero-order valence-corrected chi connectivity index (χ0v) is 15.7. The fraction of sp³-hybridized carbons (Fsp3) is 0.0870. The second-order valence-corrected chi connectivity index (χ2v) is 7.35. The molecular weight excluding hydrogens is 352 g/mol. The predicted octanol–water partition coefficient (Wildman–Crippen LogP) is 5.33. The van der Waals surface area contributed by atoms with Crippen LogP contribution in [-0.4, -0.2) is 15.9 Å². The van der Waals surface area contributed by atoms with E-state index in [2.05, 4.69) is 0 Å². The number of benzene rings is 3.